The molecule has 0 aliphatic heterocycles. The fourth-order valence-corrected chi connectivity index (χ4v) is 1.26. The Balaban J connectivity index is 2.57. The van der Waals surface area contributed by atoms with Crippen molar-refractivity contribution in [1.29, 1.82) is 0 Å². The van der Waals surface area contributed by atoms with Crippen molar-refractivity contribution in [2.75, 3.05) is 0 Å². The van der Waals surface area contributed by atoms with Crippen LogP contribution in [-0.2, 0) is 0 Å². The highest BCUT2D eigenvalue weighted by Crippen LogP contribution is 2.16. The summed E-state index contributed by atoms with van der Waals surface area (Å²) in [4.78, 5) is 4.04. The van der Waals surface area contributed by atoms with Gasteiger partial charge in [-0.3, -0.25) is 4.98 Å². The third kappa shape index (κ3) is 1.76. The summed E-state index contributed by atoms with van der Waals surface area (Å²) in [6.07, 6.45) is 0.678. The first kappa shape index (κ1) is 8.81. The van der Waals surface area contributed by atoms with E-state index in [1.807, 2.05) is 0 Å². The number of hydrogen-bond donors (Lipinski definition) is 0. The summed E-state index contributed by atoms with van der Waals surface area (Å²) < 4.78 is 23.9. The molecule has 0 saturated carbocycles. The van der Waals surface area contributed by atoms with Crippen LogP contribution in [0.25, 0.3) is 17.0 Å². The predicted octanol–water partition coefficient (Wildman–Crippen LogP) is 3.27. The second kappa shape index (κ2) is 3.54. The molecular formula is C11H6F2N. The normalized spacial score (nSPS) is 10.1. The zero-order chi connectivity index (χ0) is 9.97. The van der Waals surface area contributed by atoms with Gasteiger partial charge in [-0.25, -0.2) is 0 Å². The van der Waals surface area contributed by atoms with E-state index in [1.165, 1.54) is 0 Å². The van der Waals surface area contributed by atoms with E-state index in [2.05, 4.69) is 11.1 Å². The van der Waals surface area contributed by atoms with Gasteiger partial charge in [-0.15, -0.1) is 0 Å². The summed E-state index contributed by atoms with van der Waals surface area (Å²) in [5, 5.41) is 0.808. The van der Waals surface area contributed by atoms with E-state index in [4.69, 9.17) is 0 Å². The van der Waals surface area contributed by atoms with Crippen LogP contribution < -0.4 is 0 Å². The van der Waals surface area contributed by atoms with Crippen LogP contribution in [0.15, 0.2) is 36.5 Å². The molecule has 0 aliphatic rings. The Kier molecular flexibility index (Phi) is 2.23. The zero-order valence-electron chi connectivity index (χ0n) is 7.17. The molecule has 1 aromatic carbocycles. The fraction of sp³-hybridized carbons (Fsp3) is 0. The van der Waals surface area contributed by atoms with Gasteiger partial charge in [0, 0.05) is 23.7 Å². The third-order valence-electron chi connectivity index (χ3n) is 1.84. The van der Waals surface area contributed by atoms with Gasteiger partial charge >= 0.3 is 0 Å². The fourth-order valence-electron chi connectivity index (χ4n) is 1.26. The number of halogens is 2. The highest BCUT2D eigenvalue weighted by Gasteiger charge is 1.96. The van der Waals surface area contributed by atoms with Crippen molar-refractivity contribution < 1.29 is 8.78 Å². The molecule has 0 amide bonds. The van der Waals surface area contributed by atoms with Gasteiger partial charge in [-0.05, 0) is 23.8 Å². The van der Waals surface area contributed by atoms with Crippen molar-refractivity contribution in [3.8, 4) is 0 Å². The Morgan fingerprint density at radius 2 is 2.21 bits per heavy atom. The Labute approximate surface area is 79.7 Å². The molecular weight excluding hydrogens is 184 g/mol. The SMILES string of the molecule is FC(F)=Cc1ccc2nc[c]cc2c1. The highest BCUT2D eigenvalue weighted by molar-refractivity contribution is 5.80. The van der Waals surface area contributed by atoms with Crippen LogP contribution in [0.4, 0.5) is 8.78 Å². The first-order valence-electron chi connectivity index (χ1n) is 4.04. The Morgan fingerprint density at radius 1 is 1.36 bits per heavy atom. The third-order valence-corrected chi connectivity index (χ3v) is 1.84. The summed E-state index contributed by atoms with van der Waals surface area (Å²) in [6.45, 7) is 0. The van der Waals surface area contributed by atoms with Crippen molar-refractivity contribution in [3.63, 3.8) is 0 Å². The molecule has 0 bridgehead atoms. The van der Waals surface area contributed by atoms with Crippen LogP contribution in [0.1, 0.15) is 5.56 Å². The van der Waals surface area contributed by atoms with E-state index in [-0.39, 0.29) is 0 Å². The number of pyridine rings is 1. The van der Waals surface area contributed by atoms with Gasteiger partial charge in [0.25, 0.3) is 6.08 Å². The summed E-state index contributed by atoms with van der Waals surface area (Å²) in [6, 6.07) is 9.48. The average Bonchev–Trinajstić information content (AvgIpc) is 2.17. The summed E-state index contributed by atoms with van der Waals surface area (Å²) in [5.41, 5.74) is 1.25. The van der Waals surface area contributed by atoms with E-state index in [0.717, 1.165) is 17.0 Å². The van der Waals surface area contributed by atoms with Crippen molar-refractivity contribution in [2.24, 2.45) is 0 Å². The molecule has 2 rings (SSSR count). The van der Waals surface area contributed by atoms with E-state index in [9.17, 15) is 8.78 Å². The molecule has 0 spiro atoms. The Bertz CT molecular complexity index is 487. The molecule has 1 nitrogen and oxygen atoms in total. The van der Waals surface area contributed by atoms with Gasteiger partial charge in [-0.2, -0.15) is 8.78 Å². The van der Waals surface area contributed by atoms with Crippen LogP contribution in [0.5, 0.6) is 0 Å². The maximum absolute atomic E-state index is 12.0. The van der Waals surface area contributed by atoms with Gasteiger partial charge in [0.05, 0.1) is 5.52 Å². The molecule has 1 heterocycles. The monoisotopic (exact) mass is 190 g/mol. The topological polar surface area (TPSA) is 12.9 Å². The molecule has 0 saturated heterocycles. The van der Waals surface area contributed by atoms with Crippen LogP contribution in [0, 0.1) is 6.07 Å². The van der Waals surface area contributed by atoms with E-state index >= 15 is 0 Å². The van der Waals surface area contributed by atoms with Crippen molar-refractivity contribution >= 4 is 17.0 Å². The maximum atomic E-state index is 12.0. The number of rotatable bonds is 1. The van der Waals surface area contributed by atoms with Crippen molar-refractivity contribution in [3.05, 3.63) is 48.2 Å². The number of hydrogen-bond acceptors (Lipinski definition) is 1. The lowest BCUT2D eigenvalue weighted by atomic mass is 10.1. The molecule has 0 unspecified atom stereocenters. The minimum absolute atomic E-state index is 0.471. The largest absolute Gasteiger partial charge is 0.270 e. The molecule has 0 aliphatic carbocycles. The maximum Gasteiger partial charge on any atom is 0.270 e. The number of aromatic nitrogens is 1. The van der Waals surface area contributed by atoms with Gasteiger partial charge in [0.2, 0.25) is 0 Å². The molecule has 2 aromatic rings. The zero-order valence-corrected chi connectivity index (χ0v) is 7.17. The summed E-state index contributed by atoms with van der Waals surface area (Å²) in [5.74, 6) is 0. The van der Waals surface area contributed by atoms with Crippen LogP contribution >= 0.6 is 0 Å². The van der Waals surface area contributed by atoms with Crippen LogP contribution in [-0.4, -0.2) is 4.98 Å². The second-order valence-corrected chi connectivity index (χ2v) is 2.82. The predicted molar refractivity (Wildman–Crippen MR) is 50.8 cm³/mol. The highest BCUT2D eigenvalue weighted by atomic mass is 19.3. The molecule has 14 heavy (non-hydrogen) atoms. The quantitative estimate of drug-likeness (QED) is 0.672. The van der Waals surface area contributed by atoms with Crippen LogP contribution in [0.2, 0.25) is 0 Å². The molecule has 0 fully saturated rings. The summed E-state index contributed by atoms with van der Waals surface area (Å²) in [7, 11) is 0. The first-order chi connectivity index (χ1) is 6.75. The van der Waals surface area contributed by atoms with Crippen LogP contribution in [0.3, 0.4) is 0 Å². The van der Waals surface area contributed by atoms with Gasteiger partial charge in [0.15, 0.2) is 0 Å². The standard InChI is InChI=1S/C11H6F2N/c12-11(13)7-8-3-4-10-9(6-8)2-1-5-14-10/h2-7H. The first-order valence-corrected chi connectivity index (χ1v) is 4.04. The van der Waals surface area contributed by atoms with E-state index < -0.39 is 6.08 Å². The molecule has 1 aromatic heterocycles. The molecule has 69 valence electrons. The van der Waals surface area contributed by atoms with E-state index in [1.54, 1.807) is 30.5 Å². The number of benzene rings is 1. The van der Waals surface area contributed by atoms with Gasteiger partial charge in [-0.1, -0.05) is 6.07 Å². The average molecular weight is 190 g/mol. The van der Waals surface area contributed by atoms with Crippen molar-refractivity contribution in [1.82, 2.24) is 4.98 Å². The van der Waals surface area contributed by atoms with Gasteiger partial charge < -0.3 is 0 Å². The Morgan fingerprint density at radius 3 is 3.00 bits per heavy atom. The number of fused-ring (bicyclic) bond motifs is 1. The lowest BCUT2D eigenvalue weighted by molar-refractivity contribution is 0.429. The lowest BCUT2D eigenvalue weighted by Crippen LogP contribution is -1.79. The molecule has 1 radical (unpaired) electrons. The minimum atomic E-state index is -1.70. The summed E-state index contributed by atoms with van der Waals surface area (Å²) >= 11 is 0. The molecule has 0 N–H and O–H groups in total. The van der Waals surface area contributed by atoms with Crippen molar-refractivity contribution in [2.45, 2.75) is 0 Å². The number of nitrogens with zero attached hydrogens (tertiary/aromatic N) is 1. The second-order valence-electron chi connectivity index (χ2n) is 2.82. The molecule has 0 atom stereocenters. The van der Waals surface area contributed by atoms with Gasteiger partial charge in [0.1, 0.15) is 0 Å². The van der Waals surface area contributed by atoms with E-state index in [0.29, 0.717) is 5.56 Å². The minimum Gasteiger partial charge on any atom is -0.256 e. The molecule has 3 heteroatoms. The lowest BCUT2D eigenvalue weighted by Gasteiger charge is -1.97. The smallest absolute Gasteiger partial charge is 0.256 e. The Hall–Kier alpha value is -1.77.